The topological polar surface area (TPSA) is 0 Å². The third kappa shape index (κ3) is 3.38. The standard InChI is InChI=1S/C43H30/c1-43(2)37-23-11-17-30-26-36(35-22-12-24-38(43)42(35)40(30)37)41-33-20-8-6-18-31(33)39(32-19-7-9-21-34(32)41)29-16-10-15-28(25-29)27-13-4-3-5-14-27/h3-26H,1-2H3. The van der Waals surface area contributed by atoms with Crippen LogP contribution in [0.15, 0.2) is 146 Å². The van der Waals surface area contributed by atoms with Crippen molar-refractivity contribution in [3.63, 3.8) is 0 Å². The van der Waals surface area contributed by atoms with Gasteiger partial charge in [0.2, 0.25) is 0 Å². The molecule has 0 N–H and O–H groups in total. The van der Waals surface area contributed by atoms with Crippen LogP contribution < -0.4 is 0 Å². The van der Waals surface area contributed by atoms with E-state index in [4.69, 9.17) is 0 Å². The maximum atomic E-state index is 2.45. The van der Waals surface area contributed by atoms with Crippen molar-refractivity contribution in [2.24, 2.45) is 0 Å². The van der Waals surface area contributed by atoms with E-state index >= 15 is 0 Å². The van der Waals surface area contributed by atoms with Gasteiger partial charge in [0, 0.05) is 5.41 Å². The number of rotatable bonds is 3. The average molecular weight is 547 g/mol. The Morgan fingerprint density at radius 1 is 0.372 bits per heavy atom. The minimum Gasteiger partial charge on any atom is -0.0622 e. The molecule has 8 aromatic rings. The molecule has 0 saturated heterocycles. The lowest BCUT2D eigenvalue weighted by Crippen LogP contribution is -2.14. The summed E-state index contributed by atoms with van der Waals surface area (Å²) in [7, 11) is 0. The van der Waals surface area contributed by atoms with Crippen molar-refractivity contribution in [2.45, 2.75) is 19.3 Å². The highest BCUT2D eigenvalue weighted by Crippen LogP contribution is 2.53. The van der Waals surface area contributed by atoms with Gasteiger partial charge >= 0.3 is 0 Å². The first-order valence-corrected chi connectivity index (χ1v) is 15.2. The van der Waals surface area contributed by atoms with Crippen molar-refractivity contribution in [1.82, 2.24) is 0 Å². The Hall–Kier alpha value is -5.20. The summed E-state index contributed by atoms with van der Waals surface area (Å²) in [4.78, 5) is 0. The molecule has 0 spiro atoms. The van der Waals surface area contributed by atoms with Crippen LogP contribution in [0.4, 0.5) is 0 Å². The van der Waals surface area contributed by atoms with Gasteiger partial charge in [-0.3, -0.25) is 0 Å². The highest BCUT2D eigenvalue weighted by Gasteiger charge is 2.34. The summed E-state index contributed by atoms with van der Waals surface area (Å²) in [6, 6.07) is 54.0. The lowest BCUT2D eigenvalue weighted by molar-refractivity contribution is 0.663. The van der Waals surface area contributed by atoms with Gasteiger partial charge in [-0.15, -0.1) is 0 Å². The summed E-state index contributed by atoms with van der Waals surface area (Å²) >= 11 is 0. The van der Waals surface area contributed by atoms with Crippen LogP contribution in [0, 0.1) is 0 Å². The van der Waals surface area contributed by atoms with Crippen LogP contribution in [0.3, 0.4) is 0 Å². The Morgan fingerprint density at radius 2 is 0.884 bits per heavy atom. The van der Waals surface area contributed by atoms with Gasteiger partial charge in [0.05, 0.1) is 0 Å². The van der Waals surface area contributed by atoms with Crippen molar-refractivity contribution < 1.29 is 0 Å². The van der Waals surface area contributed by atoms with Crippen LogP contribution in [-0.2, 0) is 5.41 Å². The van der Waals surface area contributed by atoms with E-state index in [-0.39, 0.29) is 5.41 Å². The van der Waals surface area contributed by atoms with Crippen molar-refractivity contribution in [3.05, 3.63) is 157 Å². The normalized spacial score (nSPS) is 13.5. The smallest absolute Gasteiger partial charge is 0.0159 e. The molecule has 0 heteroatoms. The Morgan fingerprint density at radius 3 is 1.58 bits per heavy atom. The summed E-state index contributed by atoms with van der Waals surface area (Å²) in [6.07, 6.45) is 0. The third-order valence-electron chi connectivity index (χ3n) is 9.81. The molecule has 0 atom stereocenters. The van der Waals surface area contributed by atoms with Crippen LogP contribution >= 0.6 is 0 Å². The number of fused-ring (bicyclic) bond motifs is 2. The summed E-state index contributed by atoms with van der Waals surface area (Å²) < 4.78 is 0. The molecule has 202 valence electrons. The molecule has 9 rings (SSSR count). The first kappa shape index (κ1) is 24.4. The van der Waals surface area contributed by atoms with Gasteiger partial charge in [0.15, 0.2) is 0 Å². The fraction of sp³-hybridized carbons (Fsp3) is 0.0698. The summed E-state index contributed by atoms with van der Waals surface area (Å²) in [5, 5.41) is 10.7. The second-order valence-electron chi connectivity index (χ2n) is 12.5. The monoisotopic (exact) mass is 546 g/mol. The molecule has 0 amide bonds. The second kappa shape index (κ2) is 8.90. The third-order valence-corrected chi connectivity index (χ3v) is 9.81. The van der Waals surface area contributed by atoms with Gasteiger partial charge in [-0.05, 0) is 99.7 Å². The molecule has 0 fully saturated rings. The van der Waals surface area contributed by atoms with E-state index in [1.54, 1.807) is 0 Å². The molecule has 0 unspecified atom stereocenters. The minimum atomic E-state index is -0.0161. The average Bonchev–Trinajstić information content (AvgIpc) is 3.30. The highest BCUT2D eigenvalue weighted by molar-refractivity contribution is 6.27. The van der Waals surface area contributed by atoms with Gasteiger partial charge in [-0.25, -0.2) is 0 Å². The molecular formula is C43H30. The lowest BCUT2D eigenvalue weighted by Gasteiger charge is -2.21. The van der Waals surface area contributed by atoms with E-state index in [0.29, 0.717) is 0 Å². The Kier molecular flexibility index (Phi) is 5.05. The molecule has 0 radical (unpaired) electrons. The molecule has 0 aromatic heterocycles. The quantitative estimate of drug-likeness (QED) is 0.153. The summed E-state index contributed by atoms with van der Waals surface area (Å²) in [6.45, 7) is 4.75. The first-order chi connectivity index (χ1) is 21.1. The molecule has 1 aliphatic rings. The van der Waals surface area contributed by atoms with Crippen molar-refractivity contribution in [2.75, 3.05) is 0 Å². The Labute approximate surface area is 251 Å². The van der Waals surface area contributed by atoms with Gasteiger partial charge in [0.1, 0.15) is 0 Å². The van der Waals surface area contributed by atoms with E-state index in [0.717, 1.165) is 0 Å². The first-order valence-electron chi connectivity index (χ1n) is 15.2. The molecule has 0 nitrogen and oxygen atoms in total. The molecule has 8 aromatic carbocycles. The molecule has 0 heterocycles. The zero-order chi connectivity index (χ0) is 28.7. The van der Waals surface area contributed by atoms with Crippen LogP contribution in [-0.4, -0.2) is 0 Å². The number of hydrogen-bond donors (Lipinski definition) is 0. The predicted octanol–water partition coefficient (Wildman–Crippen LogP) is 11.9. The zero-order valence-electron chi connectivity index (χ0n) is 24.4. The maximum absolute atomic E-state index is 2.45. The van der Waals surface area contributed by atoms with E-state index in [2.05, 4.69) is 159 Å². The van der Waals surface area contributed by atoms with Crippen molar-refractivity contribution in [1.29, 1.82) is 0 Å². The van der Waals surface area contributed by atoms with Crippen LogP contribution in [0.1, 0.15) is 25.0 Å². The fourth-order valence-electron chi connectivity index (χ4n) is 7.86. The SMILES string of the molecule is CC1(C)c2cccc3cc(-c4c5ccccc5c(-c5cccc(-c6ccccc6)c5)c5ccccc45)c4cccc1c4c23. The summed E-state index contributed by atoms with van der Waals surface area (Å²) in [5.41, 5.74) is 10.5. The zero-order valence-corrected chi connectivity index (χ0v) is 24.4. The fourth-order valence-corrected chi connectivity index (χ4v) is 7.86. The lowest BCUT2D eigenvalue weighted by atomic mass is 9.81. The van der Waals surface area contributed by atoms with Crippen molar-refractivity contribution >= 4 is 43.1 Å². The predicted molar refractivity (Wildman–Crippen MR) is 185 cm³/mol. The molecule has 0 aliphatic heterocycles. The van der Waals surface area contributed by atoms with Gasteiger partial charge < -0.3 is 0 Å². The van der Waals surface area contributed by atoms with Crippen LogP contribution in [0.2, 0.25) is 0 Å². The maximum Gasteiger partial charge on any atom is 0.0159 e. The molecule has 43 heavy (non-hydrogen) atoms. The molecular weight excluding hydrogens is 516 g/mol. The van der Waals surface area contributed by atoms with Gasteiger partial charge in [0.25, 0.3) is 0 Å². The molecule has 1 aliphatic carbocycles. The number of benzene rings is 8. The van der Waals surface area contributed by atoms with Gasteiger partial charge in [-0.2, -0.15) is 0 Å². The number of hydrogen-bond acceptors (Lipinski definition) is 0. The minimum absolute atomic E-state index is 0.0161. The van der Waals surface area contributed by atoms with Gasteiger partial charge in [-0.1, -0.05) is 147 Å². The summed E-state index contributed by atoms with van der Waals surface area (Å²) in [5.74, 6) is 0. The Balaban J connectivity index is 1.42. The van der Waals surface area contributed by atoms with Crippen LogP contribution in [0.25, 0.3) is 76.5 Å². The van der Waals surface area contributed by atoms with E-state index in [1.165, 1.54) is 87.6 Å². The van der Waals surface area contributed by atoms with E-state index in [1.807, 2.05) is 0 Å². The second-order valence-corrected chi connectivity index (χ2v) is 12.5. The molecule has 0 saturated carbocycles. The highest BCUT2D eigenvalue weighted by atomic mass is 14.4. The van der Waals surface area contributed by atoms with E-state index < -0.39 is 0 Å². The van der Waals surface area contributed by atoms with Crippen LogP contribution in [0.5, 0.6) is 0 Å². The van der Waals surface area contributed by atoms with Crippen molar-refractivity contribution in [3.8, 4) is 33.4 Å². The van der Waals surface area contributed by atoms with E-state index in [9.17, 15) is 0 Å². The largest absolute Gasteiger partial charge is 0.0622 e. The Bertz CT molecular complexity index is 2350. The molecule has 0 bridgehead atoms.